The predicted octanol–water partition coefficient (Wildman–Crippen LogP) is 3.57. The molecule has 1 saturated carbocycles. The maximum Gasteiger partial charge on any atom is 0.263 e. The van der Waals surface area contributed by atoms with E-state index < -0.39 is 0 Å². The Morgan fingerprint density at radius 2 is 1.71 bits per heavy atom. The number of aromatic amines is 2. The summed E-state index contributed by atoms with van der Waals surface area (Å²) in [6, 6.07) is 19.0. The lowest BCUT2D eigenvalue weighted by atomic mass is 9.73. The van der Waals surface area contributed by atoms with E-state index in [-0.39, 0.29) is 22.4 Å². The largest absolute Gasteiger partial charge is 0.342 e. The van der Waals surface area contributed by atoms with Gasteiger partial charge in [-0.05, 0) is 54.2 Å². The summed E-state index contributed by atoms with van der Waals surface area (Å²) in [5.74, 6) is 0.610. The van der Waals surface area contributed by atoms with Crippen molar-refractivity contribution in [2.45, 2.75) is 43.6 Å². The van der Waals surface area contributed by atoms with E-state index >= 15 is 0 Å². The molecule has 7 nitrogen and oxygen atoms in total. The van der Waals surface area contributed by atoms with Gasteiger partial charge in [-0.25, -0.2) is 0 Å². The number of rotatable bonds is 3. The molecule has 7 heteroatoms. The van der Waals surface area contributed by atoms with Crippen LogP contribution in [0.3, 0.4) is 0 Å². The van der Waals surface area contributed by atoms with Crippen molar-refractivity contribution in [2.75, 3.05) is 18.0 Å². The molecule has 4 N–H and O–H groups in total. The van der Waals surface area contributed by atoms with Crippen molar-refractivity contribution in [2.24, 2.45) is 11.1 Å². The lowest BCUT2D eigenvalue weighted by Gasteiger charge is -2.42. The van der Waals surface area contributed by atoms with Crippen LogP contribution in [0, 0.1) is 5.41 Å². The SMILES string of the molecule is NC1c2ccccc2CC12CCN(c1nc3n[nH]c(C4(c5ccccc5)CC4)c3c(=O)[nH]1)CC2. The van der Waals surface area contributed by atoms with Crippen LogP contribution in [0.2, 0.25) is 0 Å². The summed E-state index contributed by atoms with van der Waals surface area (Å²) in [6.45, 7) is 1.64. The fourth-order valence-electron chi connectivity index (χ4n) is 6.45. The van der Waals surface area contributed by atoms with E-state index in [1.54, 1.807) is 0 Å². The summed E-state index contributed by atoms with van der Waals surface area (Å²) in [5, 5.41) is 8.24. The van der Waals surface area contributed by atoms with Crippen LogP contribution >= 0.6 is 0 Å². The molecule has 2 fully saturated rings. The van der Waals surface area contributed by atoms with Crippen molar-refractivity contribution in [1.82, 2.24) is 20.2 Å². The Balaban J connectivity index is 1.17. The van der Waals surface area contributed by atoms with Crippen LogP contribution < -0.4 is 16.2 Å². The average Bonchev–Trinajstić information content (AvgIpc) is 3.49. The summed E-state index contributed by atoms with van der Waals surface area (Å²) in [7, 11) is 0. The van der Waals surface area contributed by atoms with E-state index in [4.69, 9.17) is 10.7 Å². The maximum absolute atomic E-state index is 13.3. The molecule has 2 aromatic carbocycles. The van der Waals surface area contributed by atoms with E-state index in [1.165, 1.54) is 16.7 Å². The molecular weight excluding hydrogens is 424 g/mol. The first-order valence-electron chi connectivity index (χ1n) is 12.2. The van der Waals surface area contributed by atoms with Gasteiger partial charge in [0, 0.05) is 24.5 Å². The van der Waals surface area contributed by atoms with Crippen molar-refractivity contribution in [3.63, 3.8) is 0 Å². The second-order valence-electron chi connectivity index (χ2n) is 10.3. The van der Waals surface area contributed by atoms with Gasteiger partial charge < -0.3 is 10.6 Å². The Hall–Kier alpha value is -3.45. The molecule has 3 heterocycles. The maximum atomic E-state index is 13.3. The average molecular weight is 453 g/mol. The quantitative estimate of drug-likeness (QED) is 0.441. The molecule has 1 saturated heterocycles. The first-order chi connectivity index (χ1) is 16.6. The lowest BCUT2D eigenvalue weighted by Crippen LogP contribution is -2.45. The molecule has 2 aliphatic carbocycles. The molecule has 7 rings (SSSR count). The van der Waals surface area contributed by atoms with Crippen LogP contribution in [-0.2, 0) is 11.8 Å². The Morgan fingerprint density at radius 1 is 0.971 bits per heavy atom. The normalized spacial score (nSPS) is 22.3. The molecule has 0 amide bonds. The summed E-state index contributed by atoms with van der Waals surface area (Å²) >= 11 is 0. The van der Waals surface area contributed by atoms with Crippen molar-refractivity contribution in [3.8, 4) is 0 Å². The Morgan fingerprint density at radius 3 is 2.44 bits per heavy atom. The number of nitrogens with one attached hydrogen (secondary N) is 2. The van der Waals surface area contributed by atoms with Gasteiger partial charge in [0.2, 0.25) is 5.95 Å². The van der Waals surface area contributed by atoms with Crippen LogP contribution in [0.25, 0.3) is 11.0 Å². The number of fused-ring (bicyclic) bond motifs is 2. The second kappa shape index (κ2) is 7.03. The van der Waals surface area contributed by atoms with Gasteiger partial charge in [-0.15, -0.1) is 0 Å². The number of benzene rings is 2. The minimum absolute atomic E-state index is 0.0713. The Bertz CT molecular complexity index is 1440. The summed E-state index contributed by atoms with van der Waals surface area (Å²) in [6.07, 6.45) is 5.01. The van der Waals surface area contributed by atoms with Crippen molar-refractivity contribution in [1.29, 1.82) is 0 Å². The number of hydrogen-bond acceptors (Lipinski definition) is 5. The Labute approximate surface area is 197 Å². The molecule has 4 aromatic rings. The predicted molar refractivity (Wildman–Crippen MR) is 132 cm³/mol. The highest BCUT2D eigenvalue weighted by atomic mass is 16.1. The molecule has 3 aliphatic rings. The fourth-order valence-corrected chi connectivity index (χ4v) is 6.45. The number of piperidine rings is 1. The van der Waals surface area contributed by atoms with E-state index in [0.29, 0.717) is 17.0 Å². The smallest absolute Gasteiger partial charge is 0.263 e. The summed E-state index contributed by atoms with van der Waals surface area (Å²) in [5.41, 5.74) is 11.8. The third-order valence-electron chi connectivity index (χ3n) is 8.62. The van der Waals surface area contributed by atoms with Gasteiger partial charge in [-0.3, -0.25) is 14.9 Å². The number of hydrogen-bond donors (Lipinski definition) is 3. The summed E-state index contributed by atoms with van der Waals surface area (Å²) < 4.78 is 0. The fraction of sp³-hybridized carbons (Fsp3) is 0.370. The molecule has 1 aliphatic heterocycles. The monoisotopic (exact) mass is 452 g/mol. The highest BCUT2D eigenvalue weighted by Gasteiger charge is 2.49. The van der Waals surface area contributed by atoms with Gasteiger partial charge in [-0.2, -0.15) is 10.1 Å². The minimum atomic E-state index is -0.155. The number of nitrogens with zero attached hydrogens (tertiary/aromatic N) is 3. The van der Waals surface area contributed by atoms with Gasteiger partial charge in [0.05, 0.1) is 5.69 Å². The number of nitrogens with two attached hydrogens (primary N) is 1. The number of aromatic nitrogens is 4. The van der Waals surface area contributed by atoms with Crippen LogP contribution in [0.1, 0.15) is 54.1 Å². The zero-order valence-electron chi connectivity index (χ0n) is 19.1. The van der Waals surface area contributed by atoms with E-state index in [2.05, 4.69) is 56.5 Å². The van der Waals surface area contributed by atoms with Crippen LogP contribution in [0.4, 0.5) is 5.95 Å². The molecule has 172 valence electrons. The van der Waals surface area contributed by atoms with E-state index in [9.17, 15) is 4.79 Å². The standard InChI is InChI=1S/C27H28N6O/c28-21-19-9-5-4-6-17(19)16-26(21)12-14-33(15-13-26)25-29-23-20(24(34)30-25)22(31-32-23)27(10-11-27)18-7-2-1-3-8-18/h1-9,21H,10-16,28H2,(H2,29,30,31,32,34). The highest BCUT2D eigenvalue weighted by Crippen LogP contribution is 2.54. The minimum Gasteiger partial charge on any atom is -0.342 e. The molecular formula is C27H28N6O. The summed E-state index contributed by atoms with van der Waals surface area (Å²) in [4.78, 5) is 23.3. The van der Waals surface area contributed by atoms with Crippen molar-refractivity contribution in [3.05, 3.63) is 87.3 Å². The van der Waals surface area contributed by atoms with Gasteiger partial charge in [-0.1, -0.05) is 54.6 Å². The zero-order chi connectivity index (χ0) is 22.9. The van der Waals surface area contributed by atoms with Gasteiger partial charge in [0.25, 0.3) is 5.56 Å². The zero-order valence-corrected chi connectivity index (χ0v) is 19.1. The topological polar surface area (TPSA) is 104 Å². The third kappa shape index (κ3) is 2.76. The molecule has 1 unspecified atom stereocenters. The number of H-pyrrole nitrogens is 2. The molecule has 1 spiro atoms. The van der Waals surface area contributed by atoms with Gasteiger partial charge in [0.1, 0.15) is 5.39 Å². The van der Waals surface area contributed by atoms with Gasteiger partial charge in [0.15, 0.2) is 5.65 Å². The van der Waals surface area contributed by atoms with E-state index in [0.717, 1.165) is 50.9 Å². The van der Waals surface area contributed by atoms with E-state index in [1.807, 2.05) is 18.2 Å². The lowest BCUT2D eigenvalue weighted by molar-refractivity contribution is 0.187. The third-order valence-corrected chi connectivity index (χ3v) is 8.62. The molecule has 34 heavy (non-hydrogen) atoms. The van der Waals surface area contributed by atoms with Gasteiger partial charge >= 0.3 is 0 Å². The van der Waals surface area contributed by atoms with Crippen molar-refractivity contribution >= 4 is 17.0 Å². The molecule has 2 aromatic heterocycles. The Kier molecular flexibility index (Phi) is 4.13. The second-order valence-corrected chi connectivity index (χ2v) is 10.3. The molecule has 0 radical (unpaired) electrons. The highest BCUT2D eigenvalue weighted by molar-refractivity contribution is 5.80. The number of anilines is 1. The molecule has 0 bridgehead atoms. The molecule has 1 atom stereocenters. The van der Waals surface area contributed by atoms with Crippen LogP contribution in [-0.4, -0.2) is 33.3 Å². The first kappa shape index (κ1) is 20.0. The van der Waals surface area contributed by atoms with Crippen LogP contribution in [0.5, 0.6) is 0 Å². The first-order valence-corrected chi connectivity index (χ1v) is 12.2. The van der Waals surface area contributed by atoms with Crippen LogP contribution in [0.15, 0.2) is 59.4 Å². The van der Waals surface area contributed by atoms with Crippen molar-refractivity contribution < 1.29 is 0 Å².